The first kappa shape index (κ1) is 22.1. The second-order valence-electron chi connectivity index (χ2n) is 6.76. The van der Waals surface area contributed by atoms with E-state index < -0.39 is 0 Å². The van der Waals surface area contributed by atoms with E-state index in [4.69, 9.17) is 0 Å². The van der Waals surface area contributed by atoms with Crippen molar-refractivity contribution in [2.45, 2.75) is 84.5 Å². The predicted molar refractivity (Wildman–Crippen MR) is 102 cm³/mol. The Morgan fingerprint density at radius 1 is 0.783 bits per heavy atom. The van der Waals surface area contributed by atoms with Gasteiger partial charge in [0.1, 0.15) is 5.78 Å². The maximum Gasteiger partial charge on any atom is 0.219 e. The topological polar surface area (TPSA) is 58.2 Å². The zero-order chi connectivity index (χ0) is 17.3. The van der Waals surface area contributed by atoms with Crippen molar-refractivity contribution in [2.75, 3.05) is 20.1 Å². The maximum atomic E-state index is 11.6. The van der Waals surface area contributed by atoms with Crippen LogP contribution in [0.25, 0.3) is 0 Å². The molecule has 0 atom stereocenters. The summed E-state index contributed by atoms with van der Waals surface area (Å²) in [7, 11) is 1.94. The molecule has 0 saturated heterocycles. The van der Waals surface area contributed by atoms with Gasteiger partial charge in [0.2, 0.25) is 5.91 Å². The van der Waals surface area contributed by atoms with E-state index in [1.165, 1.54) is 32.1 Å². The number of amides is 1. The third-order valence-electron chi connectivity index (χ3n) is 4.15. The summed E-state index contributed by atoms with van der Waals surface area (Å²) in [5, 5.41) is 6.08. The normalized spacial score (nSPS) is 11.0. The number of nitrogens with one attached hydrogen (secondary N) is 2. The van der Waals surface area contributed by atoms with Crippen molar-refractivity contribution in [3.8, 4) is 0 Å². The summed E-state index contributed by atoms with van der Waals surface area (Å²) in [5.74, 6) is 0.774. The third kappa shape index (κ3) is 15.8. The molecule has 0 saturated carbocycles. The minimum Gasteiger partial charge on any atom is -0.356 e. The van der Waals surface area contributed by atoms with Gasteiger partial charge in [-0.3, -0.25) is 9.59 Å². The van der Waals surface area contributed by atoms with Crippen LogP contribution in [0.5, 0.6) is 0 Å². The SMILES string of the molecule is CNCCCCC(=O)NCCCCCCCCCC(=O)C(C)C.[HH].[HH]. The van der Waals surface area contributed by atoms with Crippen molar-refractivity contribution < 1.29 is 12.4 Å². The van der Waals surface area contributed by atoms with Crippen molar-refractivity contribution in [1.82, 2.24) is 10.6 Å². The van der Waals surface area contributed by atoms with Crippen LogP contribution in [0.1, 0.15) is 87.3 Å². The van der Waals surface area contributed by atoms with Gasteiger partial charge in [-0.15, -0.1) is 0 Å². The minimum absolute atomic E-state index is 0. The fourth-order valence-electron chi connectivity index (χ4n) is 2.50. The largest absolute Gasteiger partial charge is 0.356 e. The van der Waals surface area contributed by atoms with Crippen LogP contribution in [0.3, 0.4) is 0 Å². The second-order valence-corrected chi connectivity index (χ2v) is 6.76. The van der Waals surface area contributed by atoms with E-state index in [0.717, 1.165) is 45.2 Å². The van der Waals surface area contributed by atoms with Crippen LogP contribution in [0.2, 0.25) is 0 Å². The Balaban J connectivity index is -0.00000242. The summed E-state index contributed by atoms with van der Waals surface area (Å²) in [6.07, 6.45) is 11.6. The summed E-state index contributed by atoms with van der Waals surface area (Å²) >= 11 is 0. The molecule has 0 heterocycles. The summed E-state index contributed by atoms with van der Waals surface area (Å²) in [6.45, 7) is 5.75. The number of rotatable bonds is 16. The van der Waals surface area contributed by atoms with Gasteiger partial charge in [0, 0.05) is 28.2 Å². The molecule has 0 aliphatic heterocycles. The molecule has 0 aromatic rings. The van der Waals surface area contributed by atoms with Crippen molar-refractivity contribution in [3.05, 3.63) is 0 Å². The lowest BCUT2D eigenvalue weighted by atomic mass is 10.0. The highest BCUT2D eigenvalue weighted by Crippen LogP contribution is 2.10. The average molecular weight is 331 g/mol. The van der Waals surface area contributed by atoms with Gasteiger partial charge in [0.25, 0.3) is 0 Å². The highest BCUT2D eigenvalue weighted by Gasteiger charge is 2.05. The molecule has 23 heavy (non-hydrogen) atoms. The number of ketones is 1. The Labute approximate surface area is 146 Å². The van der Waals surface area contributed by atoms with E-state index in [1.54, 1.807) is 0 Å². The Kier molecular flexibility index (Phi) is 15.4. The van der Waals surface area contributed by atoms with Crippen molar-refractivity contribution in [3.63, 3.8) is 0 Å². The van der Waals surface area contributed by atoms with Gasteiger partial charge in [-0.1, -0.05) is 46.0 Å². The lowest BCUT2D eigenvalue weighted by Crippen LogP contribution is -2.24. The first-order valence-corrected chi connectivity index (χ1v) is 9.52. The Morgan fingerprint density at radius 3 is 1.91 bits per heavy atom. The second kappa shape index (κ2) is 16.0. The minimum atomic E-state index is 0. The van der Waals surface area contributed by atoms with Gasteiger partial charge in [0.15, 0.2) is 0 Å². The van der Waals surface area contributed by atoms with Crippen LogP contribution < -0.4 is 10.6 Å². The Bertz CT molecular complexity index is 314. The fourth-order valence-corrected chi connectivity index (χ4v) is 2.50. The van der Waals surface area contributed by atoms with Crippen LogP contribution in [0.15, 0.2) is 0 Å². The van der Waals surface area contributed by atoms with E-state index >= 15 is 0 Å². The molecule has 0 rings (SSSR count). The van der Waals surface area contributed by atoms with Crippen LogP contribution in [-0.4, -0.2) is 31.8 Å². The molecular formula is C19H42N2O2. The summed E-state index contributed by atoms with van der Waals surface area (Å²) in [5.41, 5.74) is 0. The van der Waals surface area contributed by atoms with E-state index in [0.29, 0.717) is 12.2 Å². The van der Waals surface area contributed by atoms with Gasteiger partial charge in [0.05, 0.1) is 0 Å². The van der Waals surface area contributed by atoms with Crippen molar-refractivity contribution in [2.24, 2.45) is 5.92 Å². The first-order chi connectivity index (χ1) is 11.1. The molecule has 0 fully saturated rings. The van der Waals surface area contributed by atoms with Crippen LogP contribution in [0, 0.1) is 5.92 Å². The van der Waals surface area contributed by atoms with Crippen LogP contribution in [-0.2, 0) is 9.59 Å². The van der Waals surface area contributed by atoms with Gasteiger partial charge < -0.3 is 10.6 Å². The first-order valence-electron chi connectivity index (χ1n) is 9.52. The quantitative estimate of drug-likeness (QED) is 0.414. The van der Waals surface area contributed by atoms with Crippen LogP contribution >= 0.6 is 0 Å². The molecule has 0 unspecified atom stereocenters. The molecule has 140 valence electrons. The average Bonchev–Trinajstić information content (AvgIpc) is 2.53. The smallest absolute Gasteiger partial charge is 0.219 e. The Morgan fingerprint density at radius 2 is 1.30 bits per heavy atom. The summed E-state index contributed by atoms with van der Waals surface area (Å²) in [4.78, 5) is 23.0. The molecule has 0 spiro atoms. The third-order valence-corrected chi connectivity index (χ3v) is 4.15. The molecule has 0 aliphatic carbocycles. The highest BCUT2D eigenvalue weighted by molar-refractivity contribution is 5.80. The van der Waals surface area contributed by atoms with Gasteiger partial charge in [-0.05, 0) is 39.3 Å². The Hall–Kier alpha value is -0.900. The molecule has 0 radical (unpaired) electrons. The van der Waals surface area contributed by atoms with Crippen LogP contribution in [0.4, 0.5) is 0 Å². The molecule has 2 N–H and O–H groups in total. The number of Topliss-reactive ketones (excluding diaryl/α,β-unsaturated/α-hetero) is 1. The number of carbonyl (C=O) groups is 2. The molecule has 0 aromatic heterocycles. The zero-order valence-electron chi connectivity index (χ0n) is 15.6. The van der Waals surface area contributed by atoms with Gasteiger partial charge in [-0.2, -0.15) is 0 Å². The van der Waals surface area contributed by atoms with Crippen molar-refractivity contribution in [1.29, 1.82) is 0 Å². The molecule has 4 nitrogen and oxygen atoms in total. The number of hydrogen-bond donors (Lipinski definition) is 2. The summed E-state index contributed by atoms with van der Waals surface area (Å²) in [6, 6.07) is 0. The van der Waals surface area contributed by atoms with E-state index in [1.807, 2.05) is 20.9 Å². The molecule has 0 bridgehead atoms. The van der Waals surface area contributed by atoms with Gasteiger partial charge >= 0.3 is 0 Å². The molecule has 0 aliphatic rings. The molecule has 1 amide bonds. The lowest BCUT2D eigenvalue weighted by molar-refractivity contribution is -0.122. The maximum absolute atomic E-state index is 11.6. The standard InChI is InChI=1S/C19H38N2O2.2H2/c1-17(2)18(22)13-9-7-5-4-6-8-11-16-21-19(23)14-10-12-15-20-3;;/h17,20H,4-16H2,1-3H3,(H,21,23);2*1H. The zero-order valence-corrected chi connectivity index (χ0v) is 15.6. The monoisotopic (exact) mass is 330 g/mol. The number of unbranched alkanes of at least 4 members (excludes halogenated alkanes) is 7. The summed E-state index contributed by atoms with van der Waals surface area (Å²) < 4.78 is 0. The number of hydrogen-bond acceptors (Lipinski definition) is 3. The van der Waals surface area contributed by atoms with E-state index in [-0.39, 0.29) is 14.7 Å². The molecule has 0 aromatic carbocycles. The highest BCUT2D eigenvalue weighted by atomic mass is 16.1. The molecular weight excluding hydrogens is 288 g/mol. The predicted octanol–water partition coefficient (Wildman–Crippen LogP) is 4.33. The van der Waals surface area contributed by atoms with Crippen molar-refractivity contribution >= 4 is 11.7 Å². The number of carbonyl (C=O) groups excluding carboxylic acids is 2. The van der Waals surface area contributed by atoms with E-state index in [2.05, 4.69) is 10.6 Å². The fraction of sp³-hybridized carbons (Fsp3) is 0.895. The molecule has 4 heteroatoms. The van der Waals surface area contributed by atoms with E-state index in [9.17, 15) is 9.59 Å². The lowest BCUT2D eigenvalue weighted by Gasteiger charge is -2.06. The van der Waals surface area contributed by atoms with Gasteiger partial charge in [-0.25, -0.2) is 0 Å².